The predicted molar refractivity (Wildman–Crippen MR) is 118 cm³/mol. The van der Waals surface area contributed by atoms with E-state index in [0.29, 0.717) is 28.1 Å². The lowest BCUT2D eigenvalue weighted by atomic mass is 10.0. The van der Waals surface area contributed by atoms with Gasteiger partial charge < -0.3 is 15.8 Å². The summed E-state index contributed by atoms with van der Waals surface area (Å²) in [5.74, 6) is -1.78. The number of rotatable bonds is 7. The molecule has 0 spiro atoms. The third-order valence-corrected chi connectivity index (χ3v) is 5.98. The second-order valence-corrected chi connectivity index (χ2v) is 8.49. The van der Waals surface area contributed by atoms with Crippen molar-refractivity contribution >= 4 is 69.9 Å². The molecule has 0 unspecified atom stereocenters. The van der Waals surface area contributed by atoms with Crippen LogP contribution in [0.15, 0.2) is 29.6 Å². The number of thiophene rings is 1. The summed E-state index contributed by atoms with van der Waals surface area (Å²) in [7, 11) is 0. The van der Waals surface area contributed by atoms with Crippen LogP contribution in [-0.4, -0.2) is 34.7 Å². The molecular formula is C18H14ClFN4O6S2. The highest BCUT2D eigenvalue weighted by atomic mass is 35.5. The van der Waals surface area contributed by atoms with Gasteiger partial charge in [-0.25, -0.2) is 18.9 Å². The van der Waals surface area contributed by atoms with Gasteiger partial charge in [-0.1, -0.05) is 17.7 Å². The highest BCUT2D eigenvalue weighted by Gasteiger charge is 2.40. The van der Waals surface area contributed by atoms with Crippen molar-refractivity contribution in [3.63, 3.8) is 0 Å². The van der Waals surface area contributed by atoms with Crippen LogP contribution >= 0.6 is 34.9 Å². The molecular weight excluding hydrogens is 487 g/mol. The summed E-state index contributed by atoms with van der Waals surface area (Å²) in [6, 6.07) is 4.14. The van der Waals surface area contributed by atoms with Crippen LogP contribution in [0.5, 0.6) is 0 Å². The van der Waals surface area contributed by atoms with Gasteiger partial charge in [0, 0.05) is 12.1 Å². The Morgan fingerprint density at radius 1 is 1.41 bits per heavy atom. The molecule has 1 aliphatic heterocycles. The number of hydrogen-bond donors (Lipinski definition) is 2. The Balaban J connectivity index is 1.97. The zero-order valence-corrected chi connectivity index (χ0v) is 18.4. The first kappa shape index (κ1) is 23.5. The topological polar surface area (TPSA) is 145 Å². The van der Waals surface area contributed by atoms with Gasteiger partial charge in [0.1, 0.15) is 10.1 Å². The van der Waals surface area contributed by atoms with E-state index in [1.165, 1.54) is 0 Å². The molecule has 0 aliphatic carbocycles. The molecule has 0 fully saturated rings. The number of nitrogens with zero attached hydrogens (tertiary/aromatic N) is 2. The molecule has 1 aromatic heterocycles. The maximum Gasteiger partial charge on any atom is 0.412 e. The third-order valence-electron chi connectivity index (χ3n) is 4.14. The quantitative estimate of drug-likeness (QED) is 0.146. The van der Waals surface area contributed by atoms with E-state index in [0.717, 1.165) is 23.5 Å². The lowest BCUT2D eigenvalue weighted by Crippen LogP contribution is -2.38. The maximum absolute atomic E-state index is 14.2. The highest BCUT2D eigenvalue weighted by Crippen LogP contribution is 2.43. The van der Waals surface area contributed by atoms with Gasteiger partial charge >= 0.3 is 12.1 Å². The van der Waals surface area contributed by atoms with Crippen molar-refractivity contribution < 1.29 is 27.8 Å². The number of halogens is 2. The average molecular weight is 501 g/mol. The van der Waals surface area contributed by atoms with Gasteiger partial charge in [0.25, 0.3) is 5.91 Å². The van der Waals surface area contributed by atoms with E-state index in [1.807, 2.05) is 0 Å². The van der Waals surface area contributed by atoms with Crippen molar-refractivity contribution in [2.75, 3.05) is 17.2 Å². The number of carbonyl (C=O) groups is 3. The molecule has 0 bridgehead atoms. The van der Waals surface area contributed by atoms with Gasteiger partial charge in [-0.3, -0.25) is 14.9 Å². The Morgan fingerprint density at radius 2 is 2.16 bits per heavy atom. The highest BCUT2D eigenvalue weighted by molar-refractivity contribution is 7.93. The van der Waals surface area contributed by atoms with Crippen LogP contribution in [0, 0.1) is 15.9 Å². The second-order valence-electron chi connectivity index (χ2n) is 6.17. The van der Waals surface area contributed by atoms with Crippen LogP contribution in [-0.2, 0) is 9.53 Å². The number of nitrogens with two attached hydrogens (primary N) is 1. The molecule has 0 saturated heterocycles. The molecule has 0 radical (unpaired) electrons. The Hall–Kier alpha value is -3.16. The smallest absolute Gasteiger partial charge is 0.408 e. The van der Waals surface area contributed by atoms with Crippen molar-refractivity contribution in [3.8, 4) is 0 Å². The molecule has 1 aromatic carbocycles. The number of amides is 4. The molecule has 2 aromatic rings. The number of benzene rings is 1. The number of anilines is 1. The Labute approximate surface area is 193 Å². The monoisotopic (exact) mass is 500 g/mol. The second kappa shape index (κ2) is 9.97. The minimum Gasteiger partial charge on any atom is -0.408 e. The number of alkyl carbamates (subject to hydrolysis) is 1. The molecule has 0 saturated carbocycles. The van der Waals surface area contributed by atoms with Crippen molar-refractivity contribution in [1.82, 2.24) is 5.32 Å². The number of carbonyl (C=O) groups excluding carboxylic acids is 3. The largest absolute Gasteiger partial charge is 0.412 e. The number of nitro groups is 1. The number of hydrogen-bond acceptors (Lipinski definition) is 8. The number of primary amides is 1. The molecule has 4 amide bonds. The number of urea groups is 1. The van der Waals surface area contributed by atoms with Crippen molar-refractivity contribution in [2.24, 2.45) is 5.73 Å². The zero-order chi connectivity index (χ0) is 23.4. The summed E-state index contributed by atoms with van der Waals surface area (Å²) in [5, 5.41) is 14.1. The van der Waals surface area contributed by atoms with Gasteiger partial charge in [0.05, 0.1) is 26.9 Å². The third kappa shape index (κ3) is 5.00. The van der Waals surface area contributed by atoms with Crippen LogP contribution in [0.25, 0.3) is 11.3 Å². The number of ether oxygens (including phenoxy) is 1. The first-order valence-electron chi connectivity index (χ1n) is 8.85. The van der Waals surface area contributed by atoms with Gasteiger partial charge in [0.2, 0.25) is 11.9 Å². The van der Waals surface area contributed by atoms with E-state index in [1.54, 1.807) is 17.5 Å². The van der Waals surface area contributed by atoms with Crippen molar-refractivity contribution in [2.45, 2.75) is 6.42 Å². The normalized spacial score (nSPS) is 14.2. The van der Waals surface area contributed by atoms with Crippen LogP contribution in [0.3, 0.4) is 0 Å². The molecule has 32 heavy (non-hydrogen) atoms. The summed E-state index contributed by atoms with van der Waals surface area (Å²) in [4.78, 5) is 48.6. The Bertz CT molecular complexity index is 1120. The van der Waals surface area contributed by atoms with E-state index in [2.05, 4.69) is 5.32 Å². The van der Waals surface area contributed by atoms with E-state index < -0.39 is 28.2 Å². The van der Waals surface area contributed by atoms with Crippen LogP contribution in [0.2, 0.25) is 5.02 Å². The molecule has 3 N–H and O–H groups in total. The van der Waals surface area contributed by atoms with Crippen LogP contribution in [0.4, 0.5) is 19.7 Å². The molecule has 3 rings (SSSR count). The lowest BCUT2D eigenvalue weighted by molar-refractivity contribution is -0.284. The predicted octanol–water partition coefficient (Wildman–Crippen LogP) is 3.88. The van der Waals surface area contributed by atoms with E-state index >= 15 is 0 Å². The summed E-state index contributed by atoms with van der Waals surface area (Å²) >= 11 is 7.44. The summed E-state index contributed by atoms with van der Waals surface area (Å²) < 4.78 is 19.0. The van der Waals surface area contributed by atoms with Gasteiger partial charge in [-0.2, -0.15) is 0 Å². The summed E-state index contributed by atoms with van der Waals surface area (Å²) in [6.45, 7) is 0.0783. The SMILES string of the molecule is NC(=O)N1C(=O)/C(=C(/OC(=O)NCCCS[N+](=O)[O-])c2cccs2)c2cc(F)c(Cl)cc21. The number of imide groups is 1. The first-order valence-corrected chi connectivity index (χ1v) is 11.0. The molecule has 1 aliphatic rings. The maximum atomic E-state index is 14.2. The minimum absolute atomic E-state index is 0.0192. The summed E-state index contributed by atoms with van der Waals surface area (Å²) in [5.41, 5.74) is 5.03. The first-order chi connectivity index (χ1) is 15.2. The van der Waals surface area contributed by atoms with E-state index in [9.17, 15) is 28.9 Å². The Kier molecular flexibility index (Phi) is 7.33. The van der Waals surface area contributed by atoms with Gasteiger partial charge in [-0.15, -0.1) is 11.3 Å². The van der Waals surface area contributed by atoms with E-state index in [4.69, 9.17) is 22.1 Å². The van der Waals surface area contributed by atoms with Crippen LogP contribution in [0.1, 0.15) is 16.9 Å². The number of fused-ring (bicyclic) bond motifs is 1. The zero-order valence-electron chi connectivity index (χ0n) is 16.0. The fourth-order valence-corrected chi connectivity index (χ4v) is 4.15. The lowest BCUT2D eigenvalue weighted by Gasteiger charge is -2.12. The standard InChI is InChI=1S/C18H14ClFN4O6S2/c19-10-8-12-9(7-11(10)20)14(16(25)23(12)17(21)26)15(13-3-1-5-31-13)30-18(27)22-4-2-6-32-24(28)29/h1,3,5,7-8H,2,4,6H2,(H2,21,26)(H,22,27)/b15-14+. The molecule has 14 heteroatoms. The van der Waals surface area contributed by atoms with Crippen molar-refractivity contribution in [1.29, 1.82) is 0 Å². The fourth-order valence-electron chi connectivity index (χ4n) is 2.86. The number of nitrogens with one attached hydrogen (secondary N) is 1. The minimum atomic E-state index is -1.12. The average Bonchev–Trinajstić information content (AvgIpc) is 3.33. The molecule has 2 heterocycles. The fraction of sp³-hybridized carbons (Fsp3) is 0.167. The molecule has 0 atom stereocenters. The van der Waals surface area contributed by atoms with E-state index in [-0.39, 0.29) is 39.9 Å². The van der Waals surface area contributed by atoms with Gasteiger partial charge in [-0.05, 0) is 30.0 Å². The Morgan fingerprint density at radius 3 is 2.78 bits per heavy atom. The van der Waals surface area contributed by atoms with Crippen LogP contribution < -0.4 is 16.0 Å². The molecule has 168 valence electrons. The van der Waals surface area contributed by atoms with Gasteiger partial charge in [0.15, 0.2) is 5.76 Å². The summed E-state index contributed by atoms with van der Waals surface area (Å²) in [6.07, 6.45) is -0.639. The van der Waals surface area contributed by atoms with Crippen molar-refractivity contribution in [3.05, 3.63) is 61.0 Å². The molecule has 10 nitrogen and oxygen atoms in total.